The van der Waals surface area contributed by atoms with Crippen LogP contribution in [-0.2, 0) is 0 Å². The summed E-state index contributed by atoms with van der Waals surface area (Å²) in [6.45, 7) is -2.85. The van der Waals surface area contributed by atoms with Crippen LogP contribution in [0, 0.1) is 0 Å². The molecule has 17 aromatic rings. The molecule has 0 aliphatic carbocycles. The van der Waals surface area contributed by atoms with E-state index in [1.165, 1.54) is 0 Å². The van der Waals surface area contributed by atoms with E-state index in [1.807, 2.05) is 246 Å². The molecule has 6 nitrogen and oxygen atoms in total. The zero-order valence-corrected chi connectivity index (χ0v) is 55.1. The maximum atomic E-state index is 12.3. The summed E-state index contributed by atoms with van der Waals surface area (Å²) in [6.07, 6.45) is 0. The fraction of sp³-hybridized carbons (Fsp3) is 0. The SMILES string of the molecule is [2H]c1c([2H])c([2H])c(-c2c([2H])c([2H])c3c(c2[2H])N(c2c(-c4ccccc4)cccc2-c2ccccc2)c2cc(N(c4ccccc4)c4ccccc4)cc4c2B3c2c3c5c(c([2H])c2N4c2c(-c4ccccc4)cccc2-c2ccccc2)-n2c4c([2H])c([2H])c([2H])c([2H])c4c4c([2H])c([2H])c6c(c42)B5c2c(c([2H])c(-c4ccccc4)c([2H])c2O6)O3)c([2H])c1[2H]. The van der Waals surface area contributed by atoms with E-state index in [9.17, 15) is 21.9 Å². The third-order valence-electron chi connectivity index (χ3n) is 20.8. The molecule has 6 heterocycles. The predicted octanol–water partition coefficient (Wildman–Crippen LogP) is 21.4. The largest absolute Gasteiger partial charge is 0.459 e. The number of para-hydroxylation sites is 5. The van der Waals surface area contributed by atoms with Gasteiger partial charge in [-0.15, -0.1) is 0 Å². The van der Waals surface area contributed by atoms with Gasteiger partial charge in [0.05, 0.1) is 51.4 Å². The van der Waals surface area contributed by atoms with Gasteiger partial charge in [0.2, 0.25) is 0 Å². The number of rotatable bonds is 11. The zero-order valence-electron chi connectivity index (χ0n) is 72.1. The van der Waals surface area contributed by atoms with Crippen LogP contribution in [0.3, 0.4) is 0 Å². The van der Waals surface area contributed by atoms with Crippen molar-refractivity contribution in [3.05, 3.63) is 364 Å². The molecule has 16 aromatic carbocycles. The molecule has 0 bridgehead atoms. The molecule has 22 rings (SSSR count). The van der Waals surface area contributed by atoms with Crippen LogP contribution in [0.1, 0.15) is 23.3 Å². The first kappa shape index (κ1) is 43.9. The Bertz CT molecular complexity index is 7260. The lowest BCUT2D eigenvalue weighted by molar-refractivity contribution is 0.466. The van der Waals surface area contributed by atoms with E-state index in [1.54, 1.807) is 28.8 Å². The molecule has 0 saturated carbocycles. The van der Waals surface area contributed by atoms with Crippen LogP contribution in [0.5, 0.6) is 23.0 Å². The molecule has 0 spiro atoms. The van der Waals surface area contributed by atoms with Crippen LogP contribution < -0.4 is 57.0 Å². The second-order valence-corrected chi connectivity index (χ2v) is 26.3. The molecule has 0 amide bonds. The van der Waals surface area contributed by atoms with Gasteiger partial charge in [-0.2, -0.15) is 0 Å². The highest BCUT2D eigenvalue weighted by Gasteiger charge is 2.53. The van der Waals surface area contributed by atoms with Crippen LogP contribution >= 0.6 is 0 Å². The molecule has 0 saturated heterocycles. The lowest BCUT2D eigenvalue weighted by Crippen LogP contribution is -2.66. The summed E-state index contributed by atoms with van der Waals surface area (Å²) in [5, 5.41) is -0.162. The van der Waals surface area contributed by atoms with E-state index in [4.69, 9.17) is 10.8 Å². The Morgan fingerprint density at radius 2 is 0.788 bits per heavy atom. The Balaban J connectivity index is 1.03. The van der Waals surface area contributed by atoms with Crippen LogP contribution in [0.4, 0.5) is 51.2 Å². The van der Waals surface area contributed by atoms with Gasteiger partial charge in [0.25, 0.3) is 13.4 Å². The average Bonchev–Trinajstić information content (AvgIpc) is 1.62. The first-order valence-electron chi connectivity index (χ1n) is 43.0. The van der Waals surface area contributed by atoms with Gasteiger partial charge in [0.15, 0.2) is 0 Å². The second kappa shape index (κ2) is 23.0. The van der Waals surface area contributed by atoms with Crippen molar-refractivity contribution in [1.82, 2.24) is 4.57 Å². The average molecular weight is 1340 g/mol. The normalized spacial score (nSPS) is 15.2. The molecule has 1 aromatic heterocycles. The summed E-state index contributed by atoms with van der Waals surface area (Å²) in [7, 11) is 0. The standard InChI is InChI=1S/C96H60B2N4O2/c1-9-29-61(30-10-1)67-51-53-78-80(55-67)101(93-72(63-33-13-3-14-34-63)46-27-47-73(93)64-35-15-4-16-36-64)81-58-71(99(69-41-21-7-22-42-69)70-43-23-8-24-44-70)59-82-88(81)97(78)89-83(102(82)94-74(65-37-17-5-18-38-65)48-28-49-75(94)66-39-19-6-20-40-66)60-84-90-96(89)104-87-57-68(62-31-11-2-12-32-62)56-86-91(87)98(90)92-85(103-86)54-52-77-76-45-25-26-50-79(76)100(84)95(77)92/h1-60H/i1D,9D,10D,25D,26D,29D,30D,45D,50D,51D,52D,53D,54D,55D,56D,57D,60D. The number of benzene rings is 16. The van der Waals surface area contributed by atoms with Crippen molar-refractivity contribution < 1.29 is 32.8 Å². The van der Waals surface area contributed by atoms with Gasteiger partial charge in [-0.25, -0.2) is 0 Å². The number of hydrogen-bond acceptors (Lipinski definition) is 5. The molecule has 5 aliphatic heterocycles. The van der Waals surface area contributed by atoms with Gasteiger partial charge in [-0.3, -0.25) is 0 Å². The van der Waals surface area contributed by atoms with Crippen LogP contribution in [-0.4, -0.2) is 18.0 Å². The van der Waals surface area contributed by atoms with Crippen molar-refractivity contribution in [2.75, 3.05) is 14.7 Å². The fourth-order valence-electron chi connectivity index (χ4n) is 16.6. The molecular weight excluding hydrogens is 1260 g/mol. The van der Waals surface area contributed by atoms with Crippen LogP contribution in [0.15, 0.2) is 364 Å². The highest BCUT2D eigenvalue weighted by molar-refractivity contribution is 7.04. The van der Waals surface area contributed by atoms with E-state index in [0.717, 1.165) is 22.3 Å². The monoisotopic (exact) mass is 1340 g/mol. The summed E-state index contributed by atoms with van der Waals surface area (Å²) >= 11 is 0. The van der Waals surface area contributed by atoms with Crippen LogP contribution in [0.25, 0.3) is 94.3 Å². The number of hydrogen-bond donors (Lipinski definition) is 0. The second-order valence-electron chi connectivity index (χ2n) is 26.3. The van der Waals surface area contributed by atoms with Crippen LogP contribution in [0.2, 0.25) is 0 Å². The first-order valence-corrected chi connectivity index (χ1v) is 34.5. The molecule has 0 fully saturated rings. The minimum absolute atomic E-state index is 0.00604. The lowest BCUT2D eigenvalue weighted by Gasteiger charge is -2.48. The minimum atomic E-state index is -1.54. The summed E-state index contributed by atoms with van der Waals surface area (Å²) in [4.78, 5) is 6.09. The maximum absolute atomic E-state index is 12.3. The van der Waals surface area contributed by atoms with Crippen molar-refractivity contribution >= 4 is 119 Å². The van der Waals surface area contributed by atoms with Gasteiger partial charge in [-0.1, -0.05) is 285 Å². The highest BCUT2D eigenvalue weighted by Crippen LogP contribution is 2.57. The fourth-order valence-corrected chi connectivity index (χ4v) is 16.6. The van der Waals surface area contributed by atoms with E-state index in [2.05, 4.69) is 4.90 Å². The van der Waals surface area contributed by atoms with E-state index in [0.29, 0.717) is 73.1 Å². The molecule has 0 unspecified atom stereocenters. The van der Waals surface area contributed by atoms with Crippen molar-refractivity contribution in [3.8, 4) is 95.4 Å². The summed E-state index contributed by atoms with van der Waals surface area (Å²) in [6, 6.07) is 74.0. The quantitative estimate of drug-likeness (QED) is 0.121. The van der Waals surface area contributed by atoms with Gasteiger partial charge >= 0.3 is 0 Å². The molecular formula is C96H60B2N4O2. The van der Waals surface area contributed by atoms with Gasteiger partial charge in [-0.05, 0) is 151 Å². The number of anilines is 9. The van der Waals surface area contributed by atoms with Crippen molar-refractivity contribution in [2.45, 2.75) is 0 Å². The third-order valence-corrected chi connectivity index (χ3v) is 20.8. The van der Waals surface area contributed by atoms with Crippen molar-refractivity contribution in [1.29, 1.82) is 0 Å². The van der Waals surface area contributed by atoms with Gasteiger partial charge in [0.1, 0.15) is 23.0 Å². The minimum Gasteiger partial charge on any atom is -0.459 e. The summed E-state index contributed by atoms with van der Waals surface area (Å²) < 4.78 is 191. The van der Waals surface area contributed by atoms with E-state index < -0.39 is 109 Å². The zero-order chi connectivity index (χ0) is 82.9. The molecule has 0 atom stereocenters. The Hall–Kier alpha value is -13.6. The number of nitrogens with zero attached hydrogens (tertiary/aromatic N) is 4. The summed E-state index contributed by atoms with van der Waals surface area (Å²) in [5.41, 5.74) is 9.49. The van der Waals surface area contributed by atoms with E-state index >= 15 is 0 Å². The molecule has 8 heteroatoms. The molecule has 0 N–H and O–H groups in total. The summed E-state index contributed by atoms with van der Waals surface area (Å²) in [5.74, 6) is -0.459. The Morgan fingerprint density at radius 3 is 1.35 bits per heavy atom. The Labute approximate surface area is 627 Å². The van der Waals surface area contributed by atoms with Crippen molar-refractivity contribution in [2.24, 2.45) is 0 Å². The first-order chi connectivity index (χ1) is 58.8. The van der Waals surface area contributed by atoms with Crippen molar-refractivity contribution in [3.63, 3.8) is 0 Å². The number of fused-ring (bicyclic) bond motifs is 9. The number of aromatic nitrogens is 1. The number of ether oxygens (including phenoxy) is 2. The third kappa shape index (κ3) is 8.66. The molecule has 104 heavy (non-hydrogen) atoms. The van der Waals surface area contributed by atoms with E-state index in [-0.39, 0.29) is 113 Å². The Kier molecular flexibility index (Phi) is 9.70. The lowest BCUT2D eigenvalue weighted by atomic mass is 9.29. The topological polar surface area (TPSA) is 33.1 Å². The van der Waals surface area contributed by atoms with Gasteiger partial charge in [0, 0.05) is 78.3 Å². The molecule has 0 radical (unpaired) electrons. The highest BCUT2D eigenvalue weighted by atomic mass is 16.5. The van der Waals surface area contributed by atoms with Gasteiger partial charge < -0.3 is 28.7 Å². The molecule has 5 aliphatic rings. The maximum Gasteiger partial charge on any atom is 0.266 e. The predicted molar refractivity (Wildman–Crippen MR) is 433 cm³/mol. The Morgan fingerprint density at radius 1 is 0.298 bits per heavy atom. The molecule has 482 valence electrons. The smallest absolute Gasteiger partial charge is 0.266 e.